The number of hydrogen-bond donors (Lipinski definition) is 1. The van der Waals surface area contributed by atoms with Crippen molar-refractivity contribution < 1.29 is 9.50 Å². The Morgan fingerprint density at radius 3 is 2.78 bits per heavy atom. The Morgan fingerprint density at radius 2 is 2.17 bits per heavy atom. The highest BCUT2D eigenvalue weighted by atomic mass is 35.5. The van der Waals surface area contributed by atoms with Crippen LogP contribution in [0.5, 0.6) is 0 Å². The fraction of sp³-hybridized carbons (Fsp3) is 0.600. The molecule has 1 nitrogen and oxygen atoms in total. The van der Waals surface area contributed by atoms with E-state index in [9.17, 15) is 9.50 Å². The third-order valence-electron chi connectivity index (χ3n) is 4.24. The maximum absolute atomic E-state index is 13.1. The van der Waals surface area contributed by atoms with E-state index in [0.29, 0.717) is 12.3 Å². The lowest BCUT2D eigenvalue weighted by atomic mass is 9.70. The van der Waals surface area contributed by atoms with Crippen LogP contribution in [0.4, 0.5) is 4.39 Å². The molecule has 3 heteroatoms. The van der Waals surface area contributed by atoms with Crippen LogP contribution >= 0.6 is 11.6 Å². The van der Waals surface area contributed by atoms with Crippen LogP contribution in [0.3, 0.4) is 0 Å². The molecule has 100 valence electrons. The van der Waals surface area contributed by atoms with Crippen LogP contribution in [0.25, 0.3) is 0 Å². The Bertz CT molecular complexity index is 435. The number of hydrogen-bond acceptors (Lipinski definition) is 1. The predicted molar refractivity (Wildman–Crippen MR) is 72.2 cm³/mol. The molecule has 1 aliphatic carbocycles. The van der Waals surface area contributed by atoms with E-state index in [2.05, 4.69) is 13.8 Å². The molecular weight excluding hydrogens is 251 g/mol. The van der Waals surface area contributed by atoms with Crippen molar-refractivity contribution in [3.63, 3.8) is 0 Å². The Kier molecular flexibility index (Phi) is 3.98. The SMILES string of the molecule is CC1CCC(O)(Cc2ccc(F)c(Cl)c2)C(C)C1. The van der Waals surface area contributed by atoms with Gasteiger partial charge in [0.2, 0.25) is 0 Å². The molecule has 1 aromatic rings. The van der Waals surface area contributed by atoms with E-state index in [4.69, 9.17) is 11.6 Å². The number of aliphatic hydroxyl groups is 1. The van der Waals surface area contributed by atoms with Crippen LogP contribution in [-0.4, -0.2) is 10.7 Å². The molecule has 0 bridgehead atoms. The Hall–Kier alpha value is -0.600. The molecule has 0 heterocycles. The van der Waals surface area contributed by atoms with Gasteiger partial charge in [0, 0.05) is 6.42 Å². The second-order valence-corrected chi connectivity index (χ2v) is 6.22. The zero-order chi connectivity index (χ0) is 13.3. The molecule has 18 heavy (non-hydrogen) atoms. The van der Waals surface area contributed by atoms with Crippen molar-refractivity contribution in [2.75, 3.05) is 0 Å². The van der Waals surface area contributed by atoms with Crippen LogP contribution in [0, 0.1) is 17.7 Å². The van der Waals surface area contributed by atoms with E-state index >= 15 is 0 Å². The van der Waals surface area contributed by atoms with Gasteiger partial charge in [-0.15, -0.1) is 0 Å². The number of halogens is 2. The summed E-state index contributed by atoms with van der Waals surface area (Å²) in [6, 6.07) is 4.71. The van der Waals surface area contributed by atoms with Crippen LogP contribution in [0.15, 0.2) is 18.2 Å². The average molecular weight is 271 g/mol. The van der Waals surface area contributed by atoms with Gasteiger partial charge < -0.3 is 5.11 Å². The number of benzene rings is 1. The van der Waals surface area contributed by atoms with Gasteiger partial charge in [-0.1, -0.05) is 31.5 Å². The third-order valence-corrected chi connectivity index (χ3v) is 4.53. The molecule has 0 radical (unpaired) electrons. The van der Waals surface area contributed by atoms with Gasteiger partial charge >= 0.3 is 0 Å². The monoisotopic (exact) mass is 270 g/mol. The van der Waals surface area contributed by atoms with Crippen molar-refractivity contribution in [2.45, 2.75) is 45.1 Å². The van der Waals surface area contributed by atoms with Gasteiger partial charge in [-0.2, -0.15) is 0 Å². The zero-order valence-corrected chi connectivity index (χ0v) is 11.7. The van der Waals surface area contributed by atoms with E-state index < -0.39 is 11.4 Å². The molecule has 0 amide bonds. The average Bonchev–Trinajstić information content (AvgIpc) is 2.30. The topological polar surface area (TPSA) is 20.2 Å². The summed E-state index contributed by atoms with van der Waals surface area (Å²) in [6.45, 7) is 4.33. The van der Waals surface area contributed by atoms with Gasteiger partial charge in [0.15, 0.2) is 0 Å². The fourth-order valence-corrected chi connectivity index (χ4v) is 3.15. The Morgan fingerprint density at radius 1 is 1.44 bits per heavy atom. The first-order valence-corrected chi connectivity index (χ1v) is 6.95. The second kappa shape index (κ2) is 5.18. The van der Waals surface area contributed by atoms with Gasteiger partial charge in [-0.05, 0) is 48.8 Å². The summed E-state index contributed by atoms with van der Waals surface area (Å²) in [4.78, 5) is 0. The summed E-state index contributed by atoms with van der Waals surface area (Å²) in [7, 11) is 0. The predicted octanol–water partition coefficient (Wildman–Crippen LogP) is 4.21. The quantitative estimate of drug-likeness (QED) is 0.854. The second-order valence-electron chi connectivity index (χ2n) is 5.81. The standard InChI is InChI=1S/C15H20ClFO/c1-10-5-6-15(18,11(2)7-10)9-12-3-4-14(17)13(16)8-12/h3-4,8,10-11,18H,5-7,9H2,1-2H3. The molecule has 3 atom stereocenters. The summed E-state index contributed by atoms with van der Waals surface area (Å²) in [5, 5.41) is 10.9. The molecule has 0 aliphatic heterocycles. The van der Waals surface area contributed by atoms with Crippen LogP contribution in [-0.2, 0) is 6.42 Å². The van der Waals surface area contributed by atoms with Crippen molar-refractivity contribution in [2.24, 2.45) is 11.8 Å². The van der Waals surface area contributed by atoms with E-state index in [1.807, 2.05) is 0 Å². The largest absolute Gasteiger partial charge is 0.389 e. The molecule has 1 aromatic carbocycles. The first kappa shape index (κ1) is 13.8. The van der Waals surface area contributed by atoms with Crippen LogP contribution < -0.4 is 0 Å². The van der Waals surface area contributed by atoms with Crippen LogP contribution in [0.2, 0.25) is 5.02 Å². The summed E-state index contributed by atoms with van der Waals surface area (Å²) >= 11 is 5.78. The lowest BCUT2D eigenvalue weighted by Gasteiger charge is -2.41. The maximum Gasteiger partial charge on any atom is 0.141 e. The van der Waals surface area contributed by atoms with Gasteiger partial charge in [-0.3, -0.25) is 0 Å². The van der Waals surface area contributed by atoms with Crippen molar-refractivity contribution in [1.82, 2.24) is 0 Å². The Labute approximate surface area is 113 Å². The van der Waals surface area contributed by atoms with E-state index in [1.165, 1.54) is 6.07 Å². The first-order valence-electron chi connectivity index (χ1n) is 6.57. The summed E-state index contributed by atoms with van der Waals surface area (Å²) in [5.74, 6) is 0.542. The molecule has 1 fully saturated rings. The highest BCUT2D eigenvalue weighted by Crippen LogP contribution is 2.39. The molecule has 3 unspecified atom stereocenters. The van der Waals surface area contributed by atoms with Gasteiger partial charge in [0.25, 0.3) is 0 Å². The fourth-order valence-electron chi connectivity index (χ4n) is 2.95. The van der Waals surface area contributed by atoms with Crippen LogP contribution in [0.1, 0.15) is 38.7 Å². The Balaban J connectivity index is 2.14. The van der Waals surface area contributed by atoms with E-state index in [0.717, 1.165) is 24.8 Å². The smallest absolute Gasteiger partial charge is 0.141 e. The van der Waals surface area contributed by atoms with Crippen molar-refractivity contribution in [3.8, 4) is 0 Å². The third kappa shape index (κ3) is 2.86. The lowest BCUT2D eigenvalue weighted by Crippen LogP contribution is -2.43. The highest BCUT2D eigenvalue weighted by Gasteiger charge is 2.38. The minimum absolute atomic E-state index is 0.132. The lowest BCUT2D eigenvalue weighted by molar-refractivity contribution is -0.0522. The molecule has 0 aromatic heterocycles. The minimum Gasteiger partial charge on any atom is -0.389 e. The summed E-state index contributed by atoms with van der Waals surface area (Å²) < 4.78 is 13.1. The summed E-state index contributed by atoms with van der Waals surface area (Å²) in [6.07, 6.45) is 3.46. The van der Waals surface area contributed by atoms with E-state index in [-0.39, 0.29) is 10.9 Å². The molecular formula is C15H20ClFO. The molecule has 1 aliphatic rings. The zero-order valence-electron chi connectivity index (χ0n) is 10.9. The van der Waals surface area contributed by atoms with E-state index in [1.54, 1.807) is 12.1 Å². The number of rotatable bonds is 2. The molecule has 1 N–H and O–H groups in total. The first-order chi connectivity index (χ1) is 8.40. The molecule has 0 spiro atoms. The van der Waals surface area contributed by atoms with Gasteiger partial charge in [0.05, 0.1) is 10.6 Å². The molecule has 2 rings (SSSR count). The minimum atomic E-state index is -0.673. The molecule has 0 saturated heterocycles. The van der Waals surface area contributed by atoms with Crippen molar-refractivity contribution in [3.05, 3.63) is 34.6 Å². The van der Waals surface area contributed by atoms with Gasteiger partial charge in [0.1, 0.15) is 5.82 Å². The van der Waals surface area contributed by atoms with Crippen molar-refractivity contribution >= 4 is 11.6 Å². The summed E-state index contributed by atoms with van der Waals surface area (Å²) in [5.41, 5.74) is 0.235. The van der Waals surface area contributed by atoms with Crippen molar-refractivity contribution in [1.29, 1.82) is 0 Å². The maximum atomic E-state index is 13.1. The van der Waals surface area contributed by atoms with Gasteiger partial charge in [-0.25, -0.2) is 4.39 Å². The normalized spacial score (nSPS) is 32.5. The highest BCUT2D eigenvalue weighted by molar-refractivity contribution is 6.30. The molecule has 1 saturated carbocycles.